The quantitative estimate of drug-likeness (QED) is 0.455. The van der Waals surface area contributed by atoms with Crippen LogP contribution in [-0.2, 0) is 4.74 Å². The first kappa shape index (κ1) is 17.2. The van der Waals surface area contributed by atoms with Crippen molar-refractivity contribution in [2.45, 2.75) is 34.6 Å². The maximum absolute atomic E-state index is 12.1. The molecule has 0 saturated carbocycles. The monoisotopic (exact) mass is 290 g/mol. The molecule has 0 aliphatic heterocycles. The van der Waals surface area contributed by atoms with Crippen LogP contribution in [0.25, 0.3) is 0 Å². The van der Waals surface area contributed by atoms with Crippen molar-refractivity contribution in [2.24, 2.45) is 10.9 Å². The topological polar surface area (TPSA) is 41.9 Å². The lowest BCUT2D eigenvalue weighted by molar-refractivity contribution is 0.0458. The smallest absolute Gasteiger partial charge is 0.338 e. The third-order valence-corrected chi connectivity index (χ3v) is 3.20. The molecule has 0 bridgehead atoms. The van der Waals surface area contributed by atoms with Gasteiger partial charge in [0.05, 0.1) is 24.2 Å². The zero-order valence-corrected chi connectivity index (χ0v) is 13.9. The summed E-state index contributed by atoms with van der Waals surface area (Å²) in [7, 11) is 1.98. The summed E-state index contributed by atoms with van der Waals surface area (Å²) in [5.41, 5.74) is 3.36. The Balaban J connectivity index is 2.94. The molecule has 0 amide bonds. The van der Waals surface area contributed by atoms with Crippen LogP contribution in [0.4, 0.5) is 5.69 Å². The van der Waals surface area contributed by atoms with E-state index in [0.29, 0.717) is 18.1 Å². The number of esters is 1. The first-order chi connectivity index (χ1) is 9.85. The van der Waals surface area contributed by atoms with Crippen molar-refractivity contribution >= 4 is 18.0 Å². The molecule has 0 N–H and O–H groups in total. The van der Waals surface area contributed by atoms with E-state index in [4.69, 9.17) is 4.74 Å². The third kappa shape index (κ3) is 5.21. The van der Waals surface area contributed by atoms with Crippen molar-refractivity contribution < 1.29 is 9.53 Å². The Bertz CT molecular complexity index is 522. The average molecular weight is 290 g/mol. The summed E-state index contributed by atoms with van der Waals surface area (Å²) < 4.78 is 5.30. The molecule has 1 rings (SSSR count). The van der Waals surface area contributed by atoms with Gasteiger partial charge in [0.25, 0.3) is 0 Å². The molecule has 0 atom stereocenters. The van der Waals surface area contributed by atoms with Crippen molar-refractivity contribution in [3.63, 3.8) is 0 Å². The minimum Gasteiger partial charge on any atom is -0.462 e. The van der Waals surface area contributed by atoms with Gasteiger partial charge in [0.15, 0.2) is 0 Å². The lowest BCUT2D eigenvalue weighted by Crippen LogP contribution is -2.14. The fraction of sp³-hybridized carbons (Fsp3) is 0.529. The van der Waals surface area contributed by atoms with Gasteiger partial charge in [-0.05, 0) is 49.9 Å². The molecule has 0 aliphatic rings. The number of carbonyl (C=O) groups is 1. The summed E-state index contributed by atoms with van der Waals surface area (Å²) in [6, 6.07) is 3.79. The van der Waals surface area contributed by atoms with E-state index < -0.39 is 0 Å². The molecule has 21 heavy (non-hydrogen) atoms. The van der Waals surface area contributed by atoms with Crippen LogP contribution in [0.1, 0.15) is 42.3 Å². The number of rotatable bonds is 6. The molecule has 4 nitrogen and oxygen atoms in total. The molecule has 0 saturated heterocycles. The van der Waals surface area contributed by atoms with Crippen LogP contribution in [0.3, 0.4) is 0 Å². The summed E-state index contributed by atoms with van der Waals surface area (Å²) in [6.45, 7) is 11.3. The van der Waals surface area contributed by atoms with E-state index in [2.05, 4.69) is 11.9 Å². The molecule has 0 aromatic heterocycles. The maximum Gasteiger partial charge on any atom is 0.338 e. The summed E-state index contributed by atoms with van der Waals surface area (Å²) in [4.78, 5) is 18.5. The minimum atomic E-state index is -0.259. The van der Waals surface area contributed by atoms with Gasteiger partial charge >= 0.3 is 5.97 Å². The number of aryl methyl sites for hydroxylation is 2. The Labute approximate surface area is 127 Å². The van der Waals surface area contributed by atoms with E-state index in [1.807, 2.05) is 51.8 Å². The predicted molar refractivity (Wildman–Crippen MR) is 87.5 cm³/mol. The van der Waals surface area contributed by atoms with Crippen molar-refractivity contribution in [1.82, 2.24) is 4.90 Å². The van der Waals surface area contributed by atoms with E-state index >= 15 is 0 Å². The Morgan fingerprint density at radius 2 is 2.00 bits per heavy atom. The van der Waals surface area contributed by atoms with Gasteiger partial charge in [0, 0.05) is 13.6 Å². The largest absolute Gasteiger partial charge is 0.462 e. The molecule has 4 heteroatoms. The van der Waals surface area contributed by atoms with Gasteiger partial charge < -0.3 is 9.64 Å². The van der Waals surface area contributed by atoms with Crippen LogP contribution in [-0.4, -0.2) is 37.4 Å². The molecular weight excluding hydrogens is 264 g/mol. The van der Waals surface area contributed by atoms with Gasteiger partial charge in [0.2, 0.25) is 0 Å². The maximum atomic E-state index is 12.1. The Kier molecular flexibility index (Phi) is 6.40. The number of ether oxygens (including phenoxy) is 1. The standard InChI is InChI=1S/C17H26N2O2/c1-7-19(6)11-18-16-9-13(4)15(8-14(16)5)17(20)21-10-12(2)3/h8-9,11-12H,7,10H2,1-6H3/b18-11+. The van der Waals surface area contributed by atoms with E-state index in [1.165, 1.54) is 0 Å². The number of aliphatic imine (C=N–C) groups is 1. The van der Waals surface area contributed by atoms with Gasteiger partial charge in [-0.2, -0.15) is 0 Å². The summed E-state index contributed by atoms with van der Waals surface area (Å²) >= 11 is 0. The third-order valence-electron chi connectivity index (χ3n) is 3.20. The summed E-state index contributed by atoms with van der Waals surface area (Å²) in [5.74, 6) is 0.0781. The summed E-state index contributed by atoms with van der Waals surface area (Å²) in [5, 5.41) is 0. The number of hydrogen-bond donors (Lipinski definition) is 0. The van der Waals surface area contributed by atoms with Crippen molar-refractivity contribution in [1.29, 1.82) is 0 Å². The highest BCUT2D eigenvalue weighted by Gasteiger charge is 2.13. The van der Waals surface area contributed by atoms with Gasteiger partial charge in [-0.3, -0.25) is 0 Å². The molecule has 116 valence electrons. The summed E-state index contributed by atoms with van der Waals surface area (Å²) in [6.07, 6.45) is 1.80. The highest BCUT2D eigenvalue weighted by molar-refractivity contribution is 5.92. The molecule has 0 heterocycles. The van der Waals surface area contributed by atoms with Crippen LogP contribution in [0.5, 0.6) is 0 Å². The highest BCUT2D eigenvalue weighted by Crippen LogP contribution is 2.23. The number of carbonyl (C=O) groups excluding carboxylic acids is 1. The van der Waals surface area contributed by atoms with Gasteiger partial charge in [-0.25, -0.2) is 9.79 Å². The van der Waals surface area contributed by atoms with Crippen molar-refractivity contribution in [3.05, 3.63) is 28.8 Å². The SMILES string of the molecule is CCN(C)/C=N/c1cc(C)c(C(=O)OCC(C)C)cc1C. The van der Waals surface area contributed by atoms with E-state index in [1.54, 1.807) is 6.34 Å². The lowest BCUT2D eigenvalue weighted by atomic mass is 10.0. The van der Waals surface area contributed by atoms with Crippen LogP contribution in [0.15, 0.2) is 17.1 Å². The highest BCUT2D eigenvalue weighted by atomic mass is 16.5. The second-order valence-electron chi connectivity index (χ2n) is 5.76. The van der Waals surface area contributed by atoms with E-state index in [9.17, 15) is 4.79 Å². The first-order valence-electron chi connectivity index (χ1n) is 7.38. The molecule has 1 aromatic carbocycles. The minimum absolute atomic E-state index is 0.259. The zero-order chi connectivity index (χ0) is 16.0. The van der Waals surface area contributed by atoms with Crippen LogP contribution >= 0.6 is 0 Å². The molecule has 0 radical (unpaired) electrons. The number of nitrogens with zero attached hydrogens (tertiary/aromatic N) is 2. The first-order valence-corrected chi connectivity index (χ1v) is 7.38. The molecule has 0 spiro atoms. The van der Waals surface area contributed by atoms with Crippen molar-refractivity contribution in [2.75, 3.05) is 20.2 Å². The Morgan fingerprint density at radius 1 is 1.33 bits per heavy atom. The fourth-order valence-corrected chi connectivity index (χ4v) is 1.72. The molecule has 0 unspecified atom stereocenters. The van der Waals surface area contributed by atoms with E-state index in [-0.39, 0.29) is 5.97 Å². The van der Waals surface area contributed by atoms with Gasteiger partial charge in [-0.1, -0.05) is 13.8 Å². The van der Waals surface area contributed by atoms with Gasteiger partial charge in [-0.15, -0.1) is 0 Å². The van der Waals surface area contributed by atoms with Crippen molar-refractivity contribution in [3.8, 4) is 0 Å². The number of hydrogen-bond acceptors (Lipinski definition) is 3. The zero-order valence-electron chi connectivity index (χ0n) is 13.9. The Morgan fingerprint density at radius 3 is 2.57 bits per heavy atom. The normalized spacial score (nSPS) is 11.2. The molecule has 0 fully saturated rings. The molecular formula is C17H26N2O2. The van der Waals surface area contributed by atoms with E-state index in [0.717, 1.165) is 23.4 Å². The molecule has 1 aromatic rings. The average Bonchev–Trinajstić information content (AvgIpc) is 2.44. The van der Waals surface area contributed by atoms with Gasteiger partial charge in [0.1, 0.15) is 0 Å². The lowest BCUT2D eigenvalue weighted by Gasteiger charge is -2.12. The van der Waals surface area contributed by atoms with Crippen LogP contribution in [0.2, 0.25) is 0 Å². The fourth-order valence-electron chi connectivity index (χ4n) is 1.72. The predicted octanol–water partition coefficient (Wildman–Crippen LogP) is 3.73. The second kappa shape index (κ2) is 7.81. The Hall–Kier alpha value is -1.84. The van der Waals surface area contributed by atoms with Crippen LogP contribution in [0, 0.1) is 19.8 Å². The second-order valence-corrected chi connectivity index (χ2v) is 5.76. The molecule has 0 aliphatic carbocycles. The number of benzene rings is 1. The van der Waals surface area contributed by atoms with Crippen LogP contribution < -0.4 is 0 Å².